The van der Waals surface area contributed by atoms with Crippen LogP contribution in [0.1, 0.15) is 8.22 Å². The summed E-state index contributed by atoms with van der Waals surface area (Å²) in [5, 5.41) is 5.74. The van der Waals surface area contributed by atoms with Gasteiger partial charge in [-0.05, 0) is 107 Å². The van der Waals surface area contributed by atoms with Gasteiger partial charge in [0.15, 0.2) is 0 Å². The lowest BCUT2D eigenvalue weighted by atomic mass is 9.83. The van der Waals surface area contributed by atoms with E-state index < -0.39 is 12.1 Å². The quantitative estimate of drug-likeness (QED) is 0.177. The van der Waals surface area contributed by atoms with Crippen LogP contribution in [0.3, 0.4) is 0 Å². The molecule has 0 aliphatic heterocycles. The van der Waals surface area contributed by atoms with Crippen molar-refractivity contribution >= 4 is 54.3 Å². The van der Waals surface area contributed by atoms with Gasteiger partial charge in [-0.2, -0.15) is 0 Å². The lowest BCUT2D eigenvalue weighted by Gasteiger charge is -2.20. The predicted molar refractivity (Wildman–Crippen MR) is 208 cm³/mol. The Bertz CT molecular complexity index is 3150. The third kappa shape index (κ3) is 4.40. The first kappa shape index (κ1) is 22.2. The van der Waals surface area contributed by atoms with Crippen molar-refractivity contribution < 1.29 is 12.6 Å². The van der Waals surface area contributed by atoms with Crippen LogP contribution in [0.2, 0.25) is 0 Å². The highest BCUT2D eigenvalue weighted by atomic mass is 16.3. The Morgan fingerprint density at radius 1 is 0.388 bits per heavy atom. The molecule has 0 saturated heterocycles. The van der Waals surface area contributed by atoms with Crippen LogP contribution in [0.4, 0.5) is 0 Å². The maximum Gasteiger partial charge on any atom is 0.136 e. The number of fused-ring (bicyclic) bond motifs is 6. The summed E-state index contributed by atoms with van der Waals surface area (Å²) in [5.74, 6) is 0. The summed E-state index contributed by atoms with van der Waals surface area (Å²) in [6, 6.07) is 46.7. The molecule has 1 aromatic heterocycles. The van der Waals surface area contributed by atoms with Crippen molar-refractivity contribution in [2.45, 2.75) is 0 Å². The molecule has 49 heavy (non-hydrogen) atoms. The third-order valence-electron chi connectivity index (χ3n) is 9.55. The van der Waals surface area contributed by atoms with Crippen molar-refractivity contribution in [2.75, 3.05) is 0 Å². The highest BCUT2D eigenvalue weighted by molar-refractivity contribution is 6.27. The summed E-state index contributed by atoms with van der Waals surface area (Å²) in [7, 11) is 0. The van der Waals surface area contributed by atoms with E-state index in [0.29, 0.717) is 22.3 Å². The maximum atomic E-state index is 9.88. The van der Waals surface area contributed by atoms with E-state index in [1.165, 1.54) is 0 Å². The van der Waals surface area contributed by atoms with Crippen molar-refractivity contribution in [3.63, 3.8) is 0 Å². The Balaban J connectivity index is 1.35. The second-order valence-corrected chi connectivity index (χ2v) is 12.3. The van der Waals surface area contributed by atoms with Crippen LogP contribution in [0, 0.1) is 0 Å². The fraction of sp³-hybridized carbons (Fsp3) is 0. The van der Waals surface area contributed by atoms with Crippen LogP contribution < -0.4 is 0 Å². The van der Waals surface area contributed by atoms with Gasteiger partial charge in [-0.3, -0.25) is 0 Å². The number of benzene rings is 9. The molecule has 0 amide bonds. The minimum Gasteiger partial charge on any atom is -0.456 e. The van der Waals surface area contributed by atoms with E-state index in [-0.39, 0.29) is 34.9 Å². The second kappa shape index (κ2) is 11.1. The monoisotopic (exact) mass is 628 g/mol. The summed E-state index contributed by atoms with van der Waals surface area (Å²) in [6.07, 6.45) is 0. The average molecular weight is 629 g/mol. The molecular formula is C48H30O. The molecule has 0 unspecified atom stereocenters. The molecule has 0 radical (unpaired) electrons. The number of hydrogen-bond donors (Lipinski definition) is 0. The van der Waals surface area contributed by atoms with E-state index in [4.69, 9.17) is 8.53 Å². The Morgan fingerprint density at radius 3 is 1.65 bits per heavy atom. The Hall–Kier alpha value is -6.44. The van der Waals surface area contributed by atoms with Gasteiger partial charge in [0.25, 0.3) is 0 Å². The zero-order valence-electron chi connectivity index (χ0n) is 32.3. The first-order valence-corrected chi connectivity index (χ1v) is 16.4. The molecule has 1 heteroatoms. The van der Waals surface area contributed by atoms with Gasteiger partial charge >= 0.3 is 0 Å². The van der Waals surface area contributed by atoms with Gasteiger partial charge in [-0.15, -0.1) is 0 Å². The van der Waals surface area contributed by atoms with E-state index in [1.54, 1.807) is 0 Å². The van der Waals surface area contributed by atoms with E-state index in [0.717, 1.165) is 65.7 Å². The van der Waals surface area contributed by atoms with Crippen LogP contribution in [0.5, 0.6) is 0 Å². The van der Waals surface area contributed by atoms with Crippen LogP contribution in [0.15, 0.2) is 186 Å². The molecule has 0 N–H and O–H groups in total. The molecule has 0 fully saturated rings. The molecule has 9 aromatic carbocycles. The molecule has 0 aliphatic carbocycles. The average Bonchev–Trinajstić information content (AvgIpc) is 3.60. The fourth-order valence-corrected chi connectivity index (χ4v) is 7.41. The Morgan fingerprint density at radius 2 is 0.980 bits per heavy atom. The largest absolute Gasteiger partial charge is 0.456 e. The molecule has 1 heterocycles. The van der Waals surface area contributed by atoms with Gasteiger partial charge in [0.05, 0.1) is 8.22 Å². The fourth-order valence-electron chi connectivity index (χ4n) is 7.41. The molecular weight excluding hydrogens is 593 g/mol. The first-order valence-electron chi connectivity index (χ1n) is 19.4. The van der Waals surface area contributed by atoms with E-state index in [1.807, 2.05) is 97.1 Å². The Kier molecular flexibility index (Phi) is 5.02. The van der Waals surface area contributed by atoms with Gasteiger partial charge in [0.2, 0.25) is 0 Å². The van der Waals surface area contributed by atoms with E-state index >= 15 is 0 Å². The highest BCUT2D eigenvalue weighted by Gasteiger charge is 2.21. The minimum atomic E-state index is -0.407. The predicted octanol–water partition coefficient (Wildman–Crippen LogP) is 13.7. The SMILES string of the molecule is [2H]c1c([2H])c([2H])c2c(-c3c4ccccc4c(-c4cccc5oc6cc(-c7ccccc7)ccc6c45)c4ccccc34)c([2H])c(-c3ccccc3)c([2H])c2c1[2H]. The lowest BCUT2D eigenvalue weighted by molar-refractivity contribution is 0.669. The Labute approximate surface area is 292 Å². The van der Waals surface area contributed by atoms with Crippen molar-refractivity contribution in [1.82, 2.24) is 0 Å². The molecule has 10 aromatic rings. The highest BCUT2D eigenvalue weighted by Crippen LogP contribution is 2.48. The van der Waals surface area contributed by atoms with Crippen molar-refractivity contribution in [1.29, 1.82) is 0 Å². The third-order valence-corrected chi connectivity index (χ3v) is 9.55. The molecule has 228 valence electrons. The van der Waals surface area contributed by atoms with Crippen LogP contribution in [-0.4, -0.2) is 0 Å². The molecule has 10 rings (SSSR count). The van der Waals surface area contributed by atoms with E-state index in [2.05, 4.69) is 48.5 Å². The van der Waals surface area contributed by atoms with Crippen LogP contribution in [0.25, 0.3) is 98.8 Å². The summed E-state index contributed by atoms with van der Waals surface area (Å²) in [6.45, 7) is 0. The van der Waals surface area contributed by atoms with Gasteiger partial charge in [-0.25, -0.2) is 0 Å². The van der Waals surface area contributed by atoms with E-state index in [9.17, 15) is 4.11 Å². The van der Waals surface area contributed by atoms with Crippen LogP contribution in [-0.2, 0) is 0 Å². The summed E-state index contributed by atoms with van der Waals surface area (Å²) in [5.41, 5.74) is 7.72. The van der Waals surface area contributed by atoms with Crippen LogP contribution >= 0.6 is 0 Å². The molecule has 0 bridgehead atoms. The maximum absolute atomic E-state index is 9.88. The number of rotatable bonds is 4. The topological polar surface area (TPSA) is 13.1 Å². The molecule has 1 nitrogen and oxygen atoms in total. The molecule has 0 atom stereocenters. The molecule has 0 saturated carbocycles. The minimum absolute atomic E-state index is 0.0361. The smallest absolute Gasteiger partial charge is 0.136 e. The zero-order valence-corrected chi connectivity index (χ0v) is 26.3. The normalized spacial score (nSPS) is 13.4. The lowest BCUT2D eigenvalue weighted by Crippen LogP contribution is -1.93. The van der Waals surface area contributed by atoms with Gasteiger partial charge in [0, 0.05) is 10.8 Å². The number of furan rings is 1. The molecule has 0 spiro atoms. The van der Waals surface area contributed by atoms with Gasteiger partial charge in [-0.1, -0.05) is 152 Å². The summed E-state index contributed by atoms with van der Waals surface area (Å²) >= 11 is 0. The zero-order chi connectivity index (χ0) is 37.5. The summed E-state index contributed by atoms with van der Waals surface area (Å²) < 4.78 is 61.4. The van der Waals surface area contributed by atoms with Crippen molar-refractivity contribution in [2.24, 2.45) is 0 Å². The van der Waals surface area contributed by atoms with Crippen molar-refractivity contribution in [3.8, 4) is 44.5 Å². The first-order chi connectivity index (χ1) is 26.8. The number of hydrogen-bond acceptors (Lipinski definition) is 1. The van der Waals surface area contributed by atoms with Gasteiger partial charge in [0.1, 0.15) is 11.2 Å². The summed E-state index contributed by atoms with van der Waals surface area (Å²) in [4.78, 5) is 0. The van der Waals surface area contributed by atoms with Crippen molar-refractivity contribution in [3.05, 3.63) is 182 Å². The standard InChI is InChI=1S/C48H30O/c1-3-14-31(15-4-1)33-26-27-41-45(30-33)49-44-25-13-24-42(48(41)44)46-37-20-9-11-22-39(37)47(40-23-12-10-21-38(40)46)43-29-35(32-16-5-2-6-17-32)28-34-18-7-8-19-36(34)43/h1-30H/i7D,8D,18D,19D,28D,29D. The second-order valence-electron chi connectivity index (χ2n) is 12.3. The van der Waals surface area contributed by atoms with Gasteiger partial charge < -0.3 is 4.42 Å². The molecule has 0 aliphatic rings.